The number of carbonyl (C=O) groups excluding carboxylic acids is 2. The van der Waals surface area contributed by atoms with Crippen LogP contribution < -0.4 is 4.74 Å². The second kappa shape index (κ2) is 9.52. The molecule has 0 unspecified atom stereocenters. The number of amides is 1. The van der Waals surface area contributed by atoms with Crippen LogP contribution in [0.5, 0.6) is 5.75 Å². The second-order valence-corrected chi connectivity index (χ2v) is 6.94. The molecule has 0 aromatic heterocycles. The van der Waals surface area contributed by atoms with E-state index in [1.165, 1.54) is 19.2 Å². The number of rotatable bonds is 8. The fraction of sp³-hybridized carbons (Fsp3) is 0.556. The highest BCUT2D eigenvalue weighted by Gasteiger charge is 2.19. The predicted molar refractivity (Wildman–Crippen MR) is 94.5 cm³/mol. The molecule has 0 aliphatic rings. The van der Waals surface area contributed by atoms with E-state index >= 15 is 0 Å². The van der Waals surface area contributed by atoms with Gasteiger partial charge in [0.1, 0.15) is 11.3 Å². The molecule has 0 aliphatic carbocycles. The third kappa shape index (κ3) is 6.40. The Morgan fingerprint density at radius 2 is 1.71 bits per heavy atom. The van der Waals surface area contributed by atoms with Gasteiger partial charge in [-0.25, -0.2) is 4.79 Å². The van der Waals surface area contributed by atoms with Crippen molar-refractivity contribution in [3.8, 4) is 5.75 Å². The summed E-state index contributed by atoms with van der Waals surface area (Å²) < 4.78 is 10.3. The summed E-state index contributed by atoms with van der Waals surface area (Å²) in [6.07, 6.45) is 0. The molecule has 0 atom stereocenters. The van der Waals surface area contributed by atoms with Gasteiger partial charge in [0.05, 0.1) is 7.11 Å². The summed E-state index contributed by atoms with van der Waals surface area (Å²) in [5.41, 5.74) is 0.244. The fourth-order valence-corrected chi connectivity index (χ4v) is 2.45. The molecule has 134 valence electrons. The summed E-state index contributed by atoms with van der Waals surface area (Å²) in [5.74, 6) is 0.328. The minimum absolute atomic E-state index is 0.117. The average Bonchev–Trinajstić information content (AvgIpc) is 2.50. The zero-order valence-electron chi connectivity index (χ0n) is 15.0. The molecular weight excluding hydrogens is 330 g/mol. The topological polar surface area (TPSA) is 55.8 Å². The number of hydrogen-bond donors (Lipinski definition) is 0. The maximum absolute atomic E-state index is 12.5. The molecule has 0 fully saturated rings. The molecule has 6 heteroatoms. The molecule has 0 heterocycles. The van der Waals surface area contributed by atoms with Crippen molar-refractivity contribution in [1.29, 1.82) is 0 Å². The Bertz CT molecular complexity index is 562. The van der Waals surface area contributed by atoms with E-state index in [0.29, 0.717) is 29.9 Å². The van der Waals surface area contributed by atoms with Crippen molar-refractivity contribution < 1.29 is 19.1 Å². The molecule has 1 aromatic rings. The number of hydrogen-bond acceptors (Lipinski definition) is 4. The van der Waals surface area contributed by atoms with Crippen LogP contribution in [0.1, 0.15) is 38.1 Å². The van der Waals surface area contributed by atoms with E-state index in [-0.39, 0.29) is 23.8 Å². The Labute approximate surface area is 148 Å². The lowest BCUT2D eigenvalue weighted by molar-refractivity contribution is -0.134. The summed E-state index contributed by atoms with van der Waals surface area (Å²) in [5, 5.41) is 0.423. The number of carbonyl (C=O) groups is 2. The molecule has 1 aromatic carbocycles. The van der Waals surface area contributed by atoms with Crippen molar-refractivity contribution in [2.45, 2.75) is 27.7 Å². The minimum Gasteiger partial charge on any atom is -0.483 e. The number of esters is 1. The number of nitrogens with zero attached hydrogens (tertiary/aromatic N) is 1. The van der Waals surface area contributed by atoms with Crippen molar-refractivity contribution in [3.05, 3.63) is 28.8 Å². The largest absolute Gasteiger partial charge is 0.483 e. The highest BCUT2D eigenvalue weighted by Crippen LogP contribution is 2.24. The minimum atomic E-state index is -0.532. The van der Waals surface area contributed by atoms with E-state index in [1.54, 1.807) is 11.0 Å². The Hall–Kier alpha value is -1.75. The highest BCUT2D eigenvalue weighted by molar-refractivity contribution is 6.30. The molecule has 0 saturated heterocycles. The van der Waals surface area contributed by atoms with Crippen LogP contribution in [0, 0.1) is 11.8 Å². The number of halogens is 1. The smallest absolute Gasteiger partial charge is 0.341 e. The molecule has 0 N–H and O–H groups in total. The molecule has 0 radical (unpaired) electrons. The van der Waals surface area contributed by atoms with Gasteiger partial charge >= 0.3 is 5.97 Å². The van der Waals surface area contributed by atoms with Crippen molar-refractivity contribution in [2.24, 2.45) is 11.8 Å². The van der Waals surface area contributed by atoms with Crippen LogP contribution in [0.3, 0.4) is 0 Å². The SMILES string of the molecule is COC(=O)c1ccc(Cl)cc1OCC(=O)N(CC(C)C)CC(C)C. The lowest BCUT2D eigenvalue weighted by Gasteiger charge is -2.26. The van der Waals surface area contributed by atoms with Crippen molar-refractivity contribution in [2.75, 3.05) is 26.8 Å². The van der Waals surface area contributed by atoms with Crippen molar-refractivity contribution in [1.82, 2.24) is 4.90 Å². The Morgan fingerprint density at radius 1 is 1.12 bits per heavy atom. The normalized spacial score (nSPS) is 10.8. The van der Waals surface area contributed by atoms with Gasteiger partial charge in [0, 0.05) is 18.1 Å². The van der Waals surface area contributed by atoms with Crippen LogP contribution in [-0.4, -0.2) is 43.6 Å². The molecular formula is C18H26ClNO4. The molecule has 1 rings (SSSR count). The van der Waals surface area contributed by atoms with Crippen LogP contribution in [0.4, 0.5) is 0 Å². The van der Waals surface area contributed by atoms with Gasteiger partial charge in [-0.2, -0.15) is 0 Å². The van der Waals surface area contributed by atoms with Gasteiger partial charge in [-0.1, -0.05) is 39.3 Å². The zero-order chi connectivity index (χ0) is 18.3. The summed E-state index contributed by atoms with van der Waals surface area (Å²) >= 11 is 5.95. The maximum atomic E-state index is 12.5. The van der Waals surface area contributed by atoms with Crippen LogP contribution in [-0.2, 0) is 9.53 Å². The first kappa shape index (κ1) is 20.3. The van der Waals surface area contributed by atoms with Crippen LogP contribution in [0.15, 0.2) is 18.2 Å². The fourth-order valence-electron chi connectivity index (χ4n) is 2.28. The third-order valence-electron chi connectivity index (χ3n) is 3.22. The Kier molecular flexibility index (Phi) is 8.05. The lowest BCUT2D eigenvalue weighted by atomic mass is 10.1. The Balaban J connectivity index is 2.84. The monoisotopic (exact) mass is 355 g/mol. The number of benzene rings is 1. The Morgan fingerprint density at radius 3 is 2.21 bits per heavy atom. The second-order valence-electron chi connectivity index (χ2n) is 6.51. The molecule has 0 saturated carbocycles. The zero-order valence-corrected chi connectivity index (χ0v) is 15.7. The first-order valence-electron chi connectivity index (χ1n) is 8.03. The van der Waals surface area contributed by atoms with E-state index in [9.17, 15) is 9.59 Å². The summed E-state index contributed by atoms with van der Waals surface area (Å²) in [6.45, 7) is 9.44. The van der Waals surface area contributed by atoms with E-state index < -0.39 is 5.97 Å². The number of methoxy groups -OCH3 is 1. The molecule has 5 nitrogen and oxygen atoms in total. The maximum Gasteiger partial charge on any atom is 0.341 e. The van der Waals surface area contributed by atoms with Gasteiger partial charge in [0.25, 0.3) is 5.91 Å². The van der Waals surface area contributed by atoms with E-state index in [2.05, 4.69) is 27.7 Å². The molecule has 0 spiro atoms. The summed E-state index contributed by atoms with van der Waals surface area (Å²) in [4.78, 5) is 26.0. The molecule has 0 aliphatic heterocycles. The van der Waals surface area contributed by atoms with Crippen molar-refractivity contribution in [3.63, 3.8) is 0 Å². The van der Waals surface area contributed by atoms with Crippen LogP contribution >= 0.6 is 11.6 Å². The van der Waals surface area contributed by atoms with Gasteiger partial charge in [0.15, 0.2) is 6.61 Å². The van der Waals surface area contributed by atoms with Gasteiger partial charge in [0.2, 0.25) is 0 Å². The quantitative estimate of drug-likeness (QED) is 0.668. The summed E-state index contributed by atoms with van der Waals surface area (Å²) in [7, 11) is 1.29. The standard InChI is InChI=1S/C18H26ClNO4/c1-12(2)9-20(10-13(3)4)17(21)11-24-16-8-14(19)6-7-15(16)18(22)23-5/h6-8,12-13H,9-11H2,1-5H3. The van der Waals surface area contributed by atoms with E-state index in [4.69, 9.17) is 21.1 Å². The number of ether oxygens (including phenoxy) is 2. The highest BCUT2D eigenvalue weighted by atomic mass is 35.5. The van der Waals surface area contributed by atoms with Crippen LogP contribution in [0.2, 0.25) is 5.02 Å². The van der Waals surface area contributed by atoms with Gasteiger partial charge in [-0.3, -0.25) is 4.79 Å². The van der Waals surface area contributed by atoms with Crippen LogP contribution in [0.25, 0.3) is 0 Å². The van der Waals surface area contributed by atoms with E-state index in [0.717, 1.165) is 0 Å². The van der Waals surface area contributed by atoms with Gasteiger partial charge in [-0.15, -0.1) is 0 Å². The molecule has 24 heavy (non-hydrogen) atoms. The van der Waals surface area contributed by atoms with E-state index in [1.807, 2.05) is 0 Å². The molecule has 0 bridgehead atoms. The third-order valence-corrected chi connectivity index (χ3v) is 3.46. The molecule has 1 amide bonds. The van der Waals surface area contributed by atoms with Gasteiger partial charge < -0.3 is 14.4 Å². The first-order valence-corrected chi connectivity index (χ1v) is 8.40. The predicted octanol–water partition coefficient (Wildman–Crippen LogP) is 3.65. The average molecular weight is 356 g/mol. The van der Waals surface area contributed by atoms with Gasteiger partial charge in [-0.05, 0) is 30.0 Å². The first-order chi connectivity index (χ1) is 11.2. The lowest BCUT2D eigenvalue weighted by Crippen LogP contribution is -2.39. The van der Waals surface area contributed by atoms with Crippen molar-refractivity contribution >= 4 is 23.5 Å². The summed E-state index contributed by atoms with van der Waals surface area (Å²) in [6, 6.07) is 4.61.